The van der Waals surface area contributed by atoms with Crippen LogP contribution in [-0.4, -0.2) is 140 Å². The minimum Gasteiger partial charge on any atom is -0.394 e. The van der Waals surface area contributed by atoms with E-state index in [4.69, 9.17) is 18.9 Å². The van der Waals surface area contributed by atoms with E-state index in [-0.39, 0.29) is 18.9 Å². The van der Waals surface area contributed by atoms with Gasteiger partial charge in [0.15, 0.2) is 12.6 Å². The molecule has 0 aliphatic carbocycles. The summed E-state index contributed by atoms with van der Waals surface area (Å²) in [5, 5.41) is 87.6. The topological polar surface area (TPSA) is 228 Å². The van der Waals surface area contributed by atoms with Gasteiger partial charge in [0, 0.05) is 6.42 Å². The van der Waals surface area contributed by atoms with E-state index < -0.39 is 86.8 Å². The molecule has 0 aromatic heterocycles. The number of nitrogens with one attached hydrogen (secondary N) is 1. The summed E-state index contributed by atoms with van der Waals surface area (Å²) in [6, 6.07) is -0.930. The molecule has 0 saturated carbocycles. The van der Waals surface area contributed by atoms with Gasteiger partial charge in [-0.15, -0.1) is 0 Å². The van der Waals surface area contributed by atoms with E-state index in [1.165, 1.54) is 295 Å². The number of allylic oxidation sites excluding steroid dienone is 3. The second kappa shape index (κ2) is 61.1. The monoisotopic (exact) mass is 1280 g/mol. The van der Waals surface area contributed by atoms with Crippen molar-refractivity contribution >= 4 is 5.91 Å². The molecule has 14 nitrogen and oxygen atoms in total. The molecule has 9 N–H and O–H groups in total. The zero-order valence-corrected chi connectivity index (χ0v) is 58.2. The first-order chi connectivity index (χ1) is 44.1. The van der Waals surface area contributed by atoms with Gasteiger partial charge in [-0.05, 0) is 32.1 Å². The Morgan fingerprint density at radius 3 is 1.09 bits per heavy atom. The Labute approximate surface area is 551 Å². The van der Waals surface area contributed by atoms with Crippen molar-refractivity contribution in [2.75, 3.05) is 19.8 Å². The Bertz CT molecular complexity index is 1600. The molecule has 1 amide bonds. The number of hydrogen-bond acceptors (Lipinski definition) is 13. The molecule has 12 unspecified atom stereocenters. The zero-order chi connectivity index (χ0) is 65.2. The van der Waals surface area contributed by atoms with Crippen LogP contribution in [0.2, 0.25) is 0 Å². The second-order valence-corrected chi connectivity index (χ2v) is 27.5. The highest BCUT2D eigenvalue weighted by Crippen LogP contribution is 2.30. The van der Waals surface area contributed by atoms with Gasteiger partial charge in [0.2, 0.25) is 5.91 Å². The molecule has 2 fully saturated rings. The van der Waals surface area contributed by atoms with Crippen LogP contribution in [0, 0.1) is 0 Å². The van der Waals surface area contributed by atoms with Crippen molar-refractivity contribution in [1.82, 2.24) is 5.32 Å². The third-order valence-electron chi connectivity index (χ3n) is 19.1. The number of hydrogen-bond donors (Lipinski definition) is 9. The van der Waals surface area contributed by atoms with Crippen molar-refractivity contribution in [3.05, 3.63) is 24.3 Å². The number of amides is 1. The maximum Gasteiger partial charge on any atom is 0.220 e. The number of aliphatic hydroxyl groups excluding tert-OH is 8. The summed E-state index contributed by atoms with van der Waals surface area (Å²) in [5.41, 5.74) is 0. The summed E-state index contributed by atoms with van der Waals surface area (Å²) in [6.07, 6.45) is 61.2. The van der Waals surface area contributed by atoms with Crippen LogP contribution in [0.4, 0.5) is 0 Å². The van der Waals surface area contributed by atoms with Gasteiger partial charge in [-0.1, -0.05) is 346 Å². The number of unbranched alkanes of at least 4 members (excludes halogenated alkanes) is 50. The standard InChI is InChI=1S/C76H145NO13/c1-3-5-7-9-11-13-15-17-19-21-23-25-27-29-31-33-35-37-39-41-43-45-47-49-51-53-55-57-59-65(80)64(63-87-75-73(86)71(84)74(67(62-79)89-75)90-76-72(85)70(83)69(82)66(61-78)88-76)77-68(81)60-58-56-54-52-50-48-46-44-42-40-38-36-34-32-30-28-26-24-22-20-18-16-14-12-10-8-6-4-2/h49,51,57,59,64-67,69-76,78-80,82-86H,3-48,50,52-56,58,60-63H2,1-2H3,(H,77,81)/b51-49+,59-57+. The van der Waals surface area contributed by atoms with Crippen molar-refractivity contribution in [2.45, 2.75) is 434 Å². The summed E-state index contributed by atoms with van der Waals surface area (Å²) in [7, 11) is 0. The third-order valence-corrected chi connectivity index (χ3v) is 19.1. The molecule has 0 radical (unpaired) electrons. The molecule has 0 bridgehead atoms. The predicted molar refractivity (Wildman–Crippen MR) is 369 cm³/mol. The van der Waals surface area contributed by atoms with Gasteiger partial charge in [-0.2, -0.15) is 0 Å². The summed E-state index contributed by atoms with van der Waals surface area (Å²) in [5.74, 6) is -0.240. The lowest BCUT2D eigenvalue weighted by Gasteiger charge is -2.46. The normalized spacial score (nSPS) is 23.0. The van der Waals surface area contributed by atoms with Crippen LogP contribution in [0.15, 0.2) is 24.3 Å². The van der Waals surface area contributed by atoms with Gasteiger partial charge in [0.25, 0.3) is 0 Å². The Morgan fingerprint density at radius 1 is 0.389 bits per heavy atom. The van der Waals surface area contributed by atoms with Gasteiger partial charge in [0.05, 0.1) is 32.0 Å². The molecule has 0 spiro atoms. The van der Waals surface area contributed by atoms with Crippen molar-refractivity contribution in [1.29, 1.82) is 0 Å². The minimum atomic E-state index is -1.79. The average molecular weight is 1280 g/mol. The van der Waals surface area contributed by atoms with Crippen LogP contribution in [0.3, 0.4) is 0 Å². The Balaban J connectivity index is 1.65. The van der Waals surface area contributed by atoms with Crippen LogP contribution in [0.1, 0.15) is 361 Å². The highest BCUT2D eigenvalue weighted by molar-refractivity contribution is 5.76. The lowest BCUT2D eigenvalue weighted by molar-refractivity contribution is -0.359. The van der Waals surface area contributed by atoms with Gasteiger partial charge >= 0.3 is 0 Å². The lowest BCUT2D eigenvalue weighted by atomic mass is 9.97. The number of aliphatic hydroxyl groups is 8. The molecular weight excluding hydrogens is 1130 g/mol. The summed E-state index contributed by atoms with van der Waals surface area (Å²) in [4.78, 5) is 13.4. The van der Waals surface area contributed by atoms with Gasteiger partial charge in [0.1, 0.15) is 48.8 Å². The van der Waals surface area contributed by atoms with E-state index >= 15 is 0 Å². The van der Waals surface area contributed by atoms with Crippen LogP contribution in [0.25, 0.3) is 0 Å². The lowest BCUT2D eigenvalue weighted by Crippen LogP contribution is -2.65. The molecule has 2 aliphatic rings. The Hall–Kier alpha value is -1.53. The molecule has 12 atom stereocenters. The van der Waals surface area contributed by atoms with Crippen LogP contribution < -0.4 is 5.32 Å². The van der Waals surface area contributed by atoms with E-state index in [1.807, 2.05) is 6.08 Å². The second-order valence-electron chi connectivity index (χ2n) is 27.5. The highest BCUT2D eigenvalue weighted by Gasteiger charge is 2.51. The number of ether oxygens (including phenoxy) is 4. The van der Waals surface area contributed by atoms with Crippen LogP contribution in [0.5, 0.6) is 0 Å². The first kappa shape index (κ1) is 84.6. The van der Waals surface area contributed by atoms with Crippen molar-refractivity contribution in [3.8, 4) is 0 Å². The summed E-state index contributed by atoms with van der Waals surface area (Å²) >= 11 is 0. The average Bonchev–Trinajstić information content (AvgIpc) is 2.49. The van der Waals surface area contributed by atoms with Crippen molar-refractivity contribution < 1.29 is 64.6 Å². The molecule has 2 heterocycles. The van der Waals surface area contributed by atoms with E-state index in [1.54, 1.807) is 6.08 Å². The fraction of sp³-hybridized carbons (Fsp3) is 0.934. The van der Waals surface area contributed by atoms with Crippen molar-refractivity contribution in [2.24, 2.45) is 0 Å². The van der Waals surface area contributed by atoms with Gasteiger partial charge in [-0.25, -0.2) is 0 Å². The highest BCUT2D eigenvalue weighted by atomic mass is 16.7. The van der Waals surface area contributed by atoms with Crippen LogP contribution >= 0.6 is 0 Å². The Kier molecular flexibility index (Phi) is 57.4. The number of rotatable bonds is 65. The smallest absolute Gasteiger partial charge is 0.220 e. The number of carbonyl (C=O) groups excluding carboxylic acids is 1. The minimum absolute atomic E-state index is 0.240. The molecule has 90 heavy (non-hydrogen) atoms. The van der Waals surface area contributed by atoms with Gasteiger partial charge in [-0.3, -0.25) is 4.79 Å². The SMILES string of the molecule is CCCCCCCCCCCCCCCCCCCCCCCC/C=C/CC/C=C/C(O)C(COC1OC(CO)C(OC2OC(CO)C(O)C(O)C2O)C(O)C1O)NC(=O)CCCCCCCCCCCCCCCCCCCCCCCCCCCCCC. The predicted octanol–water partition coefficient (Wildman–Crippen LogP) is 16.7. The first-order valence-electron chi connectivity index (χ1n) is 38.6. The zero-order valence-electron chi connectivity index (χ0n) is 58.2. The fourth-order valence-corrected chi connectivity index (χ4v) is 13.0. The summed E-state index contributed by atoms with van der Waals surface area (Å²) in [6.45, 7) is 2.85. The largest absolute Gasteiger partial charge is 0.394 e. The van der Waals surface area contributed by atoms with E-state index in [0.717, 1.165) is 32.1 Å². The van der Waals surface area contributed by atoms with E-state index in [2.05, 4.69) is 31.3 Å². The number of carbonyl (C=O) groups is 1. The molecule has 2 rings (SSSR count). The fourth-order valence-electron chi connectivity index (χ4n) is 13.0. The molecule has 14 heteroatoms. The van der Waals surface area contributed by atoms with Crippen molar-refractivity contribution in [3.63, 3.8) is 0 Å². The third kappa shape index (κ3) is 44.3. The molecule has 532 valence electrons. The quantitative estimate of drug-likeness (QED) is 0.0204. The maximum absolute atomic E-state index is 13.4. The summed E-state index contributed by atoms with van der Waals surface area (Å²) < 4.78 is 22.9. The molecule has 0 aromatic carbocycles. The van der Waals surface area contributed by atoms with E-state index in [9.17, 15) is 45.6 Å². The van der Waals surface area contributed by atoms with E-state index in [0.29, 0.717) is 12.8 Å². The van der Waals surface area contributed by atoms with Crippen LogP contribution in [-0.2, 0) is 23.7 Å². The molecule has 2 aliphatic heterocycles. The first-order valence-corrected chi connectivity index (χ1v) is 38.6. The Morgan fingerprint density at radius 2 is 0.711 bits per heavy atom. The molecular formula is C76H145NO13. The molecule has 2 saturated heterocycles. The molecule has 0 aromatic rings. The maximum atomic E-state index is 13.4. The van der Waals surface area contributed by atoms with Gasteiger partial charge < -0.3 is 65.1 Å².